The van der Waals surface area contributed by atoms with Crippen LogP contribution in [0.2, 0.25) is 0 Å². The van der Waals surface area contributed by atoms with E-state index in [2.05, 4.69) is 33.5 Å². The second kappa shape index (κ2) is 3.96. The van der Waals surface area contributed by atoms with Crippen LogP contribution in [0.1, 0.15) is 23.4 Å². The highest BCUT2D eigenvalue weighted by atomic mass is 32.1. The zero-order valence-corrected chi connectivity index (χ0v) is 11.4. The smallest absolute Gasteiger partial charge is 0.225 e. The molecule has 1 aliphatic rings. The average Bonchev–Trinajstić information content (AvgIpc) is 2.90. The van der Waals surface area contributed by atoms with Gasteiger partial charge in [0.05, 0.1) is 6.04 Å². The number of hydrogen-bond acceptors (Lipinski definition) is 4. The molecule has 0 saturated heterocycles. The van der Waals surface area contributed by atoms with E-state index in [0.717, 1.165) is 18.9 Å². The van der Waals surface area contributed by atoms with Gasteiger partial charge in [-0.2, -0.15) is 0 Å². The zero-order chi connectivity index (χ0) is 12.0. The van der Waals surface area contributed by atoms with E-state index in [9.17, 15) is 0 Å². The van der Waals surface area contributed by atoms with E-state index < -0.39 is 0 Å². The third kappa shape index (κ3) is 1.63. The fourth-order valence-electron chi connectivity index (χ4n) is 2.38. The molecule has 0 saturated carbocycles. The largest absolute Gasteiger partial charge is 0.334 e. The van der Waals surface area contributed by atoms with E-state index in [1.165, 1.54) is 10.4 Å². The number of rotatable bonds is 1. The lowest BCUT2D eigenvalue weighted by atomic mass is 10.0. The molecule has 1 aliphatic heterocycles. The molecule has 3 rings (SSSR count). The molecule has 0 radical (unpaired) electrons. The highest BCUT2D eigenvalue weighted by Crippen LogP contribution is 2.34. The number of H-pyrrole nitrogens is 1. The first-order valence-corrected chi connectivity index (χ1v) is 6.91. The summed E-state index contributed by atoms with van der Waals surface area (Å²) in [4.78, 5) is 3.81. The Morgan fingerprint density at radius 3 is 3.12 bits per heavy atom. The minimum atomic E-state index is 0.369. The Hall–Kier alpha value is -1.14. The fraction of sp³-hybridized carbons (Fsp3) is 0.455. The second-order valence-corrected chi connectivity index (χ2v) is 5.69. The van der Waals surface area contributed by atoms with Crippen molar-refractivity contribution >= 4 is 29.5 Å². The third-order valence-corrected chi connectivity index (χ3v) is 4.75. The molecule has 1 N–H and O–H groups in total. The Bertz CT molecular complexity index is 595. The maximum atomic E-state index is 5.16. The summed E-state index contributed by atoms with van der Waals surface area (Å²) < 4.78 is 2.60. The maximum absolute atomic E-state index is 5.16. The predicted octanol–water partition coefficient (Wildman–Crippen LogP) is 2.66. The van der Waals surface area contributed by atoms with Crippen LogP contribution in [-0.2, 0) is 13.5 Å². The minimum Gasteiger partial charge on any atom is -0.334 e. The third-order valence-electron chi connectivity index (χ3n) is 3.39. The van der Waals surface area contributed by atoms with E-state index in [4.69, 9.17) is 12.2 Å². The van der Waals surface area contributed by atoms with Crippen molar-refractivity contribution in [1.82, 2.24) is 14.8 Å². The summed E-state index contributed by atoms with van der Waals surface area (Å²) in [6.45, 7) is 3.23. The van der Waals surface area contributed by atoms with Crippen LogP contribution in [0, 0.1) is 4.77 Å². The predicted molar refractivity (Wildman–Crippen MR) is 72.2 cm³/mol. The summed E-state index contributed by atoms with van der Waals surface area (Å²) in [6, 6.07) is 2.59. The molecule has 17 heavy (non-hydrogen) atoms. The number of aromatic amines is 1. The van der Waals surface area contributed by atoms with Crippen LogP contribution in [0.5, 0.6) is 0 Å². The van der Waals surface area contributed by atoms with E-state index >= 15 is 0 Å². The lowest BCUT2D eigenvalue weighted by Crippen LogP contribution is -2.34. The van der Waals surface area contributed by atoms with Gasteiger partial charge >= 0.3 is 0 Å². The van der Waals surface area contributed by atoms with E-state index in [1.54, 1.807) is 0 Å². The first-order chi connectivity index (χ1) is 8.18. The van der Waals surface area contributed by atoms with Crippen molar-refractivity contribution < 1.29 is 0 Å². The average molecular weight is 266 g/mol. The van der Waals surface area contributed by atoms with Crippen LogP contribution in [-0.4, -0.2) is 21.3 Å². The SMILES string of the molecule is CC1c2ccsc2CCN1c1n[nH]c(=S)n1C. The van der Waals surface area contributed by atoms with Crippen molar-refractivity contribution in [3.05, 3.63) is 26.7 Å². The molecular formula is C11H14N4S2. The molecule has 4 nitrogen and oxygen atoms in total. The highest BCUT2D eigenvalue weighted by molar-refractivity contribution is 7.71. The van der Waals surface area contributed by atoms with Crippen molar-refractivity contribution in [1.29, 1.82) is 0 Å². The van der Waals surface area contributed by atoms with Crippen LogP contribution in [0.15, 0.2) is 11.4 Å². The Morgan fingerprint density at radius 2 is 2.41 bits per heavy atom. The van der Waals surface area contributed by atoms with Gasteiger partial charge in [0.2, 0.25) is 5.95 Å². The number of aromatic nitrogens is 3. The summed E-state index contributed by atoms with van der Waals surface area (Å²) in [5, 5.41) is 9.35. The van der Waals surface area contributed by atoms with Gasteiger partial charge in [-0.15, -0.1) is 16.4 Å². The lowest BCUT2D eigenvalue weighted by molar-refractivity contribution is 0.603. The molecule has 0 amide bonds. The molecule has 1 atom stereocenters. The van der Waals surface area contributed by atoms with Crippen LogP contribution in [0.4, 0.5) is 5.95 Å². The Morgan fingerprint density at radius 1 is 1.59 bits per heavy atom. The summed E-state index contributed by atoms with van der Waals surface area (Å²) in [5.41, 5.74) is 1.43. The number of anilines is 1. The molecule has 1 unspecified atom stereocenters. The van der Waals surface area contributed by atoms with Gasteiger partial charge in [0.25, 0.3) is 0 Å². The van der Waals surface area contributed by atoms with Crippen molar-refractivity contribution in [3.63, 3.8) is 0 Å². The molecule has 0 aliphatic carbocycles. The highest BCUT2D eigenvalue weighted by Gasteiger charge is 2.27. The normalized spacial score (nSPS) is 19.4. The first-order valence-electron chi connectivity index (χ1n) is 5.63. The van der Waals surface area contributed by atoms with Gasteiger partial charge < -0.3 is 4.90 Å². The number of hydrogen-bond donors (Lipinski definition) is 1. The standard InChI is InChI=1S/C11H14N4S2/c1-7-8-4-6-17-9(8)3-5-15(7)10-12-13-11(16)14(10)2/h4,6-7H,3,5H2,1-2H3,(H,13,16). The molecule has 0 fully saturated rings. The first kappa shape index (κ1) is 11.0. The van der Waals surface area contributed by atoms with Crippen LogP contribution in [0.25, 0.3) is 0 Å². The van der Waals surface area contributed by atoms with Crippen molar-refractivity contribution in [2.24, 2.45) is 7.05 Å². The summed E-state index contributed by atoms with van der Waals surface area (Å²) >= 11 is 7.02. The fourth-order valence-corrected chi connectivity index (χ4v) is 3.47. The van der Waals surface area contributed by atoms with Crippen LogP contribution in [0.3, 0.4) is 0 Å². The Kier molecular flexibility index (Phi) is 2.56. The van der Waals surface area contributed by atoms with Crippen LogP contribution < -0.4 is 4.90 Å². The Balaban J connectivity index is 2.02. The van der Waals surface area contributed by atoms with Gasteiger partial charge in [-0.25, -0.2) is 5.10 Å². The molecule has 2 aromatic heterocycles. The molecule has 2 aromatic rings. The van der Waals surface area contributed by atoms with Gasteiger partial charge in [0.15, 0.2) is 4.77 Å². The van der Waals surface area contributed by atoms with Gasteiger partial charge in [0, 0.05) is 18.5 Å². The number of nitrogens with one attached hydrogen (secondary N) is 1. The molecule has 90 valence electrons. The number of fused-ring (bicyclic) bond motifs is 1. The van der Waals surface area contributed by atoms with E-state index in [-0.39, 0.29) is 0 Å². The molecule has 3 heterocycles. The lowest BCUT2D eigenvalue weighted by Gasteiger charge is -2.33. The zero-order valence-electron chi connectivity index (χ0n) is 9.80. The van der Waals surface area contributed by atoms with E-state index in [1.807, 2.05) is 23.0 Å². The summed E-state index contributed by atoms with van der Waals surface area (Å²) in [5.74, 6) is 0.930. The van der Waals surface area contributed by atoms with Gasteiger partial charge in [0.1, 0.15) is 0 Å². The number of nitrogens with zero attached hydrogens (tertiary/aromatic N) is 3. The van der Waals surface area contributed by atoms with Crippen molar-refractivity contribution in [2.45, 2.75) is 19.4 Å². The summed E-state index contributed by atoms with van der Waals surface area (Å²) in [7, 11) is 1.96. The number of thiophene rings is 1. The monoisotopic (exact) mass is 266 g/mol. The van der Waals surface area contributed by atoms with Gasteiger partial charge in [-0.3, -0.25) is 4.57 Å². The summed E-state index contributed by atoms with van der Waals surface area (Å²) in [6.07, 6.45) is 1.09. The molecule has 0 aromatic carbocycles. The second-order valence-electron chi connectivity index (χ2n) is 4.31. The van der Waals surface area contributed by atoms with Crippen LogP contribution >= 0.6 is 23.6 Å². The Labute approximate surface area is 109 Å². The quantitative estimate of drug-likeness (QED) is 0.806. The van der Waals surface area contributed by atoms with E-state index in [0.29, 0.717) is 10.8 Å². The van der Waals surface area contributed by atoms with Crippen molar-refractivity contribution in [3.8, 4) is 0 Å². The minimum absolute atomic E-state index is 0.369. The van der Waals surface area contributed by atoms with Gasteiger partial charge in [-0.1, -0.05) is 0 Å². The topological polar surface area (TPSA) is 36.9 Å². The van der Waals surface area contributed by atoms with Gasteiger partial charge in [-0.05, 0) is 42.6 Å². The van der Waals surface area contributed by atoms with Crippen molar-refractivity contribution in [2.75, 3.05) is 11.4 Å². The molecular weight excluding hydrogens is 252 g/mol. The molecule has 6 heteroatoms. The molecule has 0 bridgehead atoms. The molecule has 0 spiro atoms. The maximum Gasteiger partial charge on any atom is 0.225 e.